The molecule has 120 valence electrons. The SMILES string of the molecule is CCn1ncc2c1-c1ccccc1OC21CCN(C(=O)O)CC1. The molecule has 1 spiro atoms. The van der Waals surface area contributed by atoms with Gasteiger partial charge in [0, 0.05) is 43.6 Å². The number of benzene rings is 1. The van der Waals surface area contributed by atoms with E-state index in [9.17, 15) is 9.90 Å². The molecule has 1 saturated heterocycles. The molecule has 1 fully saturated rings. The second-order valence-electron chi connectivity index (χ2n) is 6.08. The summed E-state index contributed by atoms with van der Waals surface area (Å²) < 4.78 is 8.40. The van der Waals surface area contributed by atoms with Gasteiger partial charge in [0.15, 0.2) is 0 Å². The Morgan fingerprint density at radius 2 is 2.09 bits per heavy atom. The van der Waals surface area contributed by atoms with E-state index in [2.05, 4.69) is 18.1 Å². The predicted octanol–water partition coefficient (Wildman–Crippen LogP) is 2.93. The highest BCUT2D eigenvalue weighted by molar-refractivity contribution is 5.74. The minimum Gasteiger partial charge on any atom is -0.482 e. The van der Waals surface area contributed by atoms with Crippen molar-refractivity contribution in [1.82, 2.24) is 14.7 Å². The van der Waals surface area contributed by atoms with Crippen molar-refractivity contribution in [2.45, 2.75) is 31.9 Å². The number of fused-ring (bicyclic) bond motifs is 4. The molecule has 4 rings (SSSR count). The minimum absolute atomic E-state index is 0.469. The van der Waals surface area contributed by atoms with Gasteiger partial charge in [0.25, 0.3) is 0 Å². The lowest BCUT2D eigenvalue weighted by atomic mass is 9.81. The van der Waals surface area contributed by atoms with Crippen LogP contribution in [0.2, 0.25) is 0 Å². The molecule has 0 radical (unpaired) electrons. The average Bonchev–Trinajstić information content (AvgIpc) is 3.01. The van der Waals surface area contributed by atoms with Gasteiger partial charge in [-0.05, 0) is 19.1 Å². The molecule has 6 heteroatoms. The van der Waals surface area contributed by atoms with E-state index in [1.54, 1.807) is 0 Å². The number of aryl methyl sites for hydroxylation is 1. The summed E-state index contributed by atoms with van der Waals surface area (Å²) in [6, 6.07) is 8.01. The molecule has 1 aromatic carbocycles. The van der Waals surface area contributed by atoms with E-state index in [1.165, 1.54) is 4.90 Å². The Kier molecular flexibility index (Phi) is 3.07. The number of aromatic nitrogens is 2. The molecule has 2 aliphatic rings. The number of amides is 1. The first-order valence-electron chi connectivity index (χ1n) is 7.97. The highest BCUT2D eigenvalue weighted by atomic mass is 16.5. The monoisotopic (exact) mass is 313 g/mol. The van der Waals surface area contributed by atoms with Gasteiger partial charge in [-0.1, -0.05) is 12.1 Å². The van der Waals surface area contributed by atoms with Crippen LogP contribution in [0.3, 0.4) is 0 Å². The van der Waals surface area contributed by atoms with Crippen LogP contribution in [-0.2, 0) is 12.1 Å². The third kappa shape index (κ3) is 2.01. The molecule has 6 nitrogen and oxygen atoms in total. The fraction of sp³-hybridized carbons (Fsp3) is 0.412. The fourth-order valence-corrected chi connectivity index (χ4v) is 3.69. The first kappa shape index (κ1) is 14.1. The molecule has 0 aliphatic carbocycles. The topological polar surface area (TPSA) is 67.6 Å². The van der Waals surface area contributed by atoms with E-state index >= 15 is 0 Å². The lowest BCUT2D eigenvalue weighted by Crippen LogP contribution is -2.48. The van der Waals surface area contributed by atoms with E-state index in [4.69, 9.17) is 4.74 Å². The number of hydrogen-bond acceptors (Lipinski definition) is 3. The molecule has 0 atom stereocenters. The fourth-order valence-electron chi connectivity index (χ4n) is 3.69. The van der Waals surface area contributed by atoms with Crippen molar-refractivity contribution in [1.29, 1.82) is 0 Å². The minimum atomic E-state index is -0.861. The third-order valence-corrected chi connectivity index (χ3v) is 4.92. The van der Waals surface area contributed by atoms with Crippen LogP contribution >= 0.6 is 0 Å². The number of nitrogens with zero attached hydrogens (tertiary/aromatic N) is 3. The second-order valence-corrected chi connectivity index (χ2v) is 6.08. The summed E-state index contributed by atoms with van der Waals surface area (Å²) in [4.78, 5) is 12.6. The molecule has 1 amide bonds. The van der Waals surface area contributed by atoms with Gasteiger partial charge in [0.1, 0.15) is 11.4 Å². The van der Waals surface area contributed by atoms with Crippen molar-refractivity contribution in [2.24, 2.45) is 0 Å². The molecular weight excluding hydrogens is 294 g/mol. The second kappa shape index (κ2) is 5.01. The highest BCUT2D eigenvalue weighted by Gasteiger charge is 2.45. The normalized spacial score (nSPS) is 18.2. The zero-order valence-corrected chi connectivity index (χ0v) is 13.0. The standard InChI is InChI=1S/C17H19N3O3/c1-2-20-15-12-5-3-4-6-14(12)23-17(13(15)11-18-20)7-9-19(10-8-17)16(21)22/h3-6,11H,2,7-10H2,1H3,(H,21,22). The third-order valence-electron chi connectivity index (χ3n) is 4.92. The Morgan fingerprint density at radius 3 is 2.78 bits per heavy atom. The van der Waals surface area contributed by atoms with Crippen molar-refractivity contribution >= 4 is 6.09 Å². The van der Waals surface area contributed by atoms with Crippen molar-refractivity contribution in [2.75, 3.05) is 13.1 Å². The van der Waals surface area contributed by atoms with Gasteiger partial charge >= 0.3 is 6.09 Å². The zero-order chi connectivity index (χ0) is 16.0. The summed E-state index contributed by atoms with van der Waals surface area (Å²) in [6.45, 7) is 3.83. The van der Waals surface area contributed by atoms with Crippen LogP contribution in [-0.4, -0.2) is 39.0 Å². The predicted molar refractivity (Wildman–Crippen MR) is 84.5 cm³/mol. The Hall–Kier alpha value is -2.50. The number of carboxylic acid groups (broad SMARTS) is 1. The maximum absolute atomic E-state index is 11.2. The summed E-state index contributed by atoms with van der Waals surface area (Å²) in [5, 5.41) is 13.7. The highest BCUT2D eigenvalue weighted by Crippen LogP contribution is 2.49. The van der Waals surface area contributed by atoms with Crippen molar-refractivity contribution in [3.8, 4) is 17.0 Å². The molecule has 2 aliphatic heterocycles. The van der Waals surface area contributed by atoms with E-state index < -0.39 is 11.7 Å². The van der Waals surface area contributed by atoms with Crippen LogP contribution in [0.4, 0.5) is 4.79 Å². The molecule has 1 N–H and O–H groups in total. The molecule has 0 unspecified atom stereocenters. The quantitative estimate of drug-likeness (QED) is 0.879. The van der Waals surface area contributed by atoms with Gasteiger partial charge in [-0.2, -0.15) is 5.10 Å². The maximum Gasteiger partial charge on any atom is 0.407 e. The Labute approximate surface area is 134 Å². The number of likely N-dealkylation sites (tertiary alicyclic amines) is 1. The Bertz CT molecular complexity index is 760. The van der Waals surface area contributed by atoms with Gasteiger partial charge in [0.05, 0.1) is 11.9 Å². The summed E-state index contributed by atoms with van der Waals surface area (Å²) >= 11 is 0. The van der Waals surface area contributed by atoms with Gasteiger partial charge in [-0.25, -0.2) is 4.79 Å². The van der Waals surface area contributed by atoms with Gasteiger partial charge in [-0.3, -0.25) is 4.68 Å². The molecule has 0 bridgehead atoms. The van der Waals surface area contributed by atoms with E-state index in [-0.39, 0.29) is 0 Å². The molecule has 23 heavy (non-hydrogen) atoms. The molecule has 0 saturated carbocycles. The number of hydrogen-bond donors (Lipinski definition) is 1. The molecule has 1 aromatic heterocycles. The van der Waals surface area contributed by atoms with Crippen LogP contribution in [0.1, 0.15) is 25.3 Å². The van der Waals surface area contributed by atoms with Gasteiger partial charge in [0.2, 0.25) is 0 Å². The van der Waals surface area contributed by atoms with Crippen molar-refractivity contribution in [3.05, 3.63) is 36.0 Å². The first-order valence-corrected chi connectivity index (χ1v) is 7.97. The largest absolute Gasteiger partial charge is 0.482 e. The van der Waals surface area contributed by atoms with Gasteiger partial charge in [-0.15, -0.1) is 0 Å². The summed E-state index contributed by atoms with van der Waals surface area (Å²) in [7, 11) is 0. The number of ether oxygens (including phenoxy) is 1. The Morgan fingerprint density at radius 1 is 1.35 bits per heavy atom. The number of rotatable bonds is 1. The first-order chi connectivity index (χ1) is 11.1. The van der Waals surface area contributed by atoms with Crippen LogP contribution in [0, 0.1) is 0 Å². The lowest BCUT2D eigenvalue weighted by molar-refractivity contribution is -0.000807. The maximum atomic E-state index is 11.2. The van der Waals surface area contributed by atoms with E-state index in [1.807, 2.05) is 29.1 Å². The van der Waals surface area contributed by atoms with E-state index in [0.29, 0.717) is 25.9 Å². The molecule has 2 aromatic rings. The average molecular weight is 313 g/mol. The van der Waals surface area contributed by atoms with Crippen LogP contribution < -0.4 is 4.74 Å². The number of carbonyl (C=O) groups is 1. The zero-order valence-electron chi connectivity index (χ0n) is 13.0. The molecular formula is C17H19N3O3. The summed E-state index contributed by atoms with van der Waals surface area (Å²) in [6.07, 6.45) is 2.33. The van der Waals surface area contributed by atoms with Crippen molar-refractivity contribution in [3.63, 3.8) is 0 Å². The van der Waals surface area contributed by atoms with E-state index in [0.717, 1.165) is 29.1 Å². The Balaban J connectivity index is 1.80. The number of piperidine rings is 1. The summed E-state index contributed by atoms with van der Waals surface area (Å²) in [5.74, 6) is 0.860. The summed E-state index contributed by atoms with van der Waals surface area (Å²) in [5.41, 5.74) is 2.79. The van der Waals surface area contributed by atoms with Crippen LogP contribution in [0.5, 0.6) is 5.75 Å². The van der Waals surface area contributed by atoms with Crippen LogP contribution in [0.15, 0.2) is 30.5 Å². The molecule has 3 heterocycles. The van der Waals surface area contributed by atoms with Crippen LogP contribution in [0.25, 0.3) is 11.3 Å². The number of para-hydroxylation sites is 1. The lowest BCUT2D eigenvalue weighted by Gasteiger charge is -2.43. The van der Waals surface area contributed by atoms with Crippen molar-refractivity contribution < 1.29 is 14.6 Å². The smallest absolute Gasteiger partial charge is 0.407 e. The van der Waals surface area contributed by atoms with Gasteiger partial charge < -0.3 is 14.7 Å².